The normalized spacial score (nSPS) is 10.5. The molecule has 0 radical (unpaired) electrons. The molecule has 0 saturated heterocycles. The second kappa shape index (κ2) is 5.80. The Hall–Kier alpha value is -3.35. The molecular weight excluding hydrogens is 294 g/mol. The Bertz CT molecular complexity index is 881. The molecule has 0 amide bonds. The summed E-state index contributed by atoms with van der Waals surface area (Å²) >= 11 is 0. The third-order valence-corrected chi connectivity index (χ3v) is 3.33. The molecule has 114 valence electrons. The Balaban J connectivity index is 2.23. The predicted molar refractivity (Wildman–Crippen MR) is 86.5 cm³/mol. The van der Waals surface area contributed by atoms with Gasteiger partial charge in [0, 0.05) is 41.9 Å². The number of non-ortho nitro benzene ring substituents is 1. The van der Waals surface area contributed by atoms with Crippen LogP contribution >= 0.6 is 0 Å². The van der Waals surface area contributed by atoms with Crippen molar-refractivity contribution in [2.24, 2.45) is 0 Å². The van der Waals surface area contributed by atoms with Gasteiger partial charge in [-0.1, -0.05) is 6.07 Å². The first-order valence-electron chi connectivity index (χ1n) is 6.84. The number of hydrogen-bond acceptors (Lipinski definition) is 6. The number of aryl methyl sites for hydroxylation is 1. The first-order chi connectivity index (χ1) is 11.0. The summed E-state index contributed by atoms with van der Waals surface area (Å²) in [7, 11) is 0. The smallest absolute Gasteiger partial charge is 0.270 e. The van der Waals surface area contributed by atoms with E-state index in [0.717, 1.165) is 11.1 Å². The van der Waals surface area contributed by atoms with Crippen LogP contribution in [0.3, 0.4) is 0 Å². The van der Waals surface area contributed by atoms with Crippen LogP contribution in [0.1, 0.15) is 5.56 Å². The quantitative estimate of drug-likeness (QED) is 0.588. The number of hydrogen-bond donors (Lipinski definition) is 1. The van der Waals surface area contributed by atoms with Crippen LogP contribution in [0.15, 0.2) is 48.9 Å². The highest BCUT2D eigenvalue weighted by molar-refractivity contribution is 5.81. The lowest BCUT2D eigenvalue weighted by Gasteiger charge is -2.10. The van der Waals surface area contributed by atoms with E-state index in [1.54, 1.807) is 31.6 Å². The number of aromatic nitrogens is 3. The number of nitrogen functional groups attached to an aromatic ring is 1. The Labute approximate surface area is 132 Å². The summed E-state index contributed by atoms with van der Waals surface area (Å²) in [6.45, 7) is 1.80. The van der Waals surface area contributed by atoms with Gasteiger partial charge >= 0.3 is 0 Å². The van der Waals surface area contributed by atoms with Crippen LogP contribution < -0.4 is 5.73 Å². The maximum absolute atomic E-state index is 11.1. The molecule has 0 atom stereocenters. The zero-order valence-corrected chi connectivity index (χ0v) is 12.3. The molecule has 0 aliphatic carbocycles. The molecule has 7 nitrogen and oxygen atoms in total. The van der Waals surface area contributed by atoms with Crippen molar-refractivity contribution in [3.8, 4) is 22.4 Å². The molecule has 0 aliphatic rings. The summed E-state index contributed by atoms with van der Waals surface area (Å²) in [4.78, 5) is 23.1. The van der Waals surface area contributed by atoms with Crippen LogP contribution in [-0.4, -0.2) is 19.9 Å². The largest absolute Gasteiger partial charge is 0.368 e. The fourth-order valence-electron chi connectivity index (χ4n) is 2.35. The number of benzene rings is 1. The van der Waals surface area contributed by atoms with Crippen LogP contribution in [0.4, 0.5) is 11.6 Å². The summed E-state index contributed by atoms with van der Waals surface area (Å²) in [5.74, 6) is 0.134. The van der Waals surface area contributed by atoms with Crippen molar-refractivity contribution < 1.29 is 4.92 Å². The van der Waals surface area contributed by atoms with E-state index >= 15 is 0 Å². The van der Waals surface area contributed by atoms with E-state index < -0.39 is 4.92 Å². The van der Waals surface area contributed by atoms with Gasteiger partial charge in [-0.3, -0.25) is 15.1 Å². The standard InChI is InChI=1S/C16H13N5O2/c1-10-5-12(7-13(6-10)21(22)23)14-9-19-16(17)20-15(14)11-3-2-4-18-8-11/h2-9H,1H3,(H2,17,19,20). The topological polar surface area (TPSA) is 108 Å². The lowest BCUT2D eigenvalue weighted by atomic mass is 9.99. The van der Waals surface area contributed by atoms with Gasteiger partial charge in [-0.2, -0.15) is 0 Å². The number of nitro benzene ring substituents is 1. The Kier molecular flexibility index (Phi) is 3.68. The van der Waals surface area contributed by atoms with Gasteiger partial charge in [-0.25, -0.2) is 9.97 Å². The highest BCUT2D eigenvalue weighted by atomic mass is 16.6. The molecule has 0 fully saturated rings. The lowest BCUT2D eigenvalue weighted by molar-refractivity contribution is -0.384. The predicted octanol–water partition coefficient (Wildman–Crippen LogP) is 3.00. The number of pyridine rings is 1. The van der Waals surface area contributed by atoms with Gasteiger partial charge in [0.05, 0.1) is 10.6 Å². The molecule has 0 spiro atoms. The molecule has 2 N–H and O–H groups in total. The van der Waals surface area contributed by atoms with E-state index in [4.69, 9.17) is 5.73 Å². The molecule has 0 aliphatic heterocycles. The Morgan fingerprint density at radius 2 is 2.00 bits per heavy atom. The summed E-state index contributed by atoms with van der Waals surface area (Å²) in [5.41, 5.74) is 9.18. The Morgan fingerprint density at radius 3 is 2.70 bits per heavy atom. The number of nitrogens with two attached hydrogens (primary N) is 1. The molecule has 23 heavy (non-hydrogen) atoms. The molecule has 3 rings (SSSR count). The van der Waals surface area contributed by atoms with Crippen molar-refractivity contribution in [1.29, 1.82) is 0 Å². The minimum Gasteiger partial charge on any atom is -0.368 e. The Morgan fingerprint density at radius 1 is 1.17 bits per heavy atom. The highest BCUT2D eigenvalue weighted by Gasteiger charge is 2.15. The molecule has 0 bridgehead atoms. The van der Waals surface area contributed by atoms with Crippen molar-refractivity contribution in [3.63, 3.8) is 0 Å². The number of nitrogens with zero attached hydrogens (tertiary/aromatic N) is 4. The SMILES string of the molecule is Cc1cc(-c2cnc(N)nc2-c2cccnc2)cc([N+](=O)[O-])c1. The van der Waals surface area contributed by atoms with Gasteiger partial charge in [0.15, 0.2) is 0 Å². The van der Waals surface area contributed by atoms with Crippen molar-refractivity contribution in [3.05, 3.63) is 64.6 Å². The van der Waals surface area contributed by atoms with Crippen molar-refractivity contribution in [2.75, 3.05) is 5.73 Å². The number of anilines is 1. The molecule has 2 heterocycles. The highest BCUT2D eigenvalue weighted by Crippen LogP contribution is 2.32. The summed E-state index contributed by atoms with van der Waals surface area (Å²) in [5, 5.41) is 11.1. The lowest BCUT2D eigenvalue weighted by Crippen LogP contribution is -1.99. The van der Waals surface area contributed by atoms with Crippen LogP contribution in [0, 0.1) is 17.0 Å². The third-order valence-electron chi connectivity index (χ3n) is 3.33. The minimum atomic E-state index is -0.418. The molecular formula is C16H13N5O2. The first kappa shape index (κ1) is 14.6. The van der Waals surface area contributed by atoms with Gasteiger partial charge in [0.2, 0.25) is 5.95 Å². The number of nitro groups is 1. The zero-order chi connectivity index (χ0) is 16.4. The van der Waals surface area contributed by atoms with Crippen LogP contribution in [-0.2, 0) is 0 Å². The van der Waals surface area contributed by atoms with Gasteiger partial charge in [-0.05, 0) is 30.2 Å². The fraction of sp³-hybridized carbons (Fsp3) is 0.0625. The molecule has 7 heteroatoms. The van der Waals surface area contributed by atoms with E-state index in [1.807, 2.05) is 12.1 Å². The molecule has 0 saturated carbocycles. The summed E-state index contributed by atoms with van der Waals surface area (Å²) < 4.78 is 0. The third kappa shape index (κ3) is 2.98. The van der Waals surface area contributed by atoms with E-state index in [2.05, 4.69) is 15.0 Å². The van der Waals surface area contributed by atoms with E-state index in [-0.39, 0.29) is 11.6 Å². The maximum Gasteiger partial charge on any atom is 0.270 e. The zero-order valence-electron chi connectivity index (χ0n) is 12.3. The van der Waals surface area contributed by atoms with E-state index in [9.17, 15) is 10.1 Å². The van der Waals surface area contributed by atoms with Gasteiger partial charge < -0.3 is 5.73 Å². The molecule has 2 aromatic heterocycles. The summed E-state index contributed by atoms with van der Waals surface area (Å²) in [6.07, 6.45) is 4.89. The van der Waals surface area contributed by atoms with Crippen LogP contribution in [0.25, 0.3) is 22.4 Å². The number of rotatable bonds is 3. The van der Waals surface area contributed by atoms with Gasteiger partial charge in [0.25, 0.3) is 5.69 Å². The minimum absolute atomic E-state index is 0.0222. The van der Waals surface area contributed by atoms with Gasteiger partial charge in [0.1, 0.15) is 0 Å². The second-order valence-electron chi connectivity index (χ2n) is 5.05. The van der Waals surface area contributed by atoms with Crippen molar-refractivity contribution >= 4 is 11.6 Å². The van der Waals surface area contributed by atoms with E-state index in [0.29, 0.717) is 16.8 Å². The fourth-order valence-corrected chi connectivity index (χ4v) is 2.35. The maximum atomic E-state index is 11.1. The second-order valence-corrected chi connectivity index (χ2v) is 5.05. The van der Waals surface area contributed by atoms with Crippen LogP contribution in [0.5, 0.6) is 0 Å². The van der Waals surface area contributed by atoms with Crippen molar-refractivity contribution in [1.82, 2.24) is 15.0 Å². The monoisotopic (exact) mass is 307 g/mol. The first-order valence-corrected chi connectivity index (χ1v) is 6.84. The van der Waals surface area contributed by atoms with Crippen molar-refractivity contribution in [2.45, 2.75) is 6.92 Å². The van der Waals surface area contributed by atoms with Gasteiger partial charge in [-0.15, -0.1) is 0 Å². The average molecular weight is 307 g/mol. The average Bonchev–Trinajstić information content (AvgIpc) is 2.55. The van der Waals surface area contributed by atoms with E-state index in [1.165, 1.54) is 12.1 Å². The molecule has 3 aromatic rings. The van der Waals surface area contributed by atoms with Crippen LogP contribution in [0.2, 0.25) is 0 Å². The molecule has 0 unspecified atom stereocenters. The molecule has 1 aromatic carbocycles. The summed E-state index contributed by atoms with van der Waals surface area (Å²) in [6, 6.07) is 8.51.